The van der Waals surface area contributed by atoms with Gasteiger partial charge < -0.3 is 9.88 Å². The van der Waals surface area contributed by atoms with Gasteiger partial charge in [-0.2, -0.15) is 0 Å². The van der Waals surface area contributed by atoms with Crippen LogP contribution in [0, 0.1) is 0 Å². The number of ketones is 1. The third-order valence-corrected chi connectivity index (χ3v) is 1.62. The fourth-order valence-corrected chi connectivity index (χ4v) is 1.10. The van der Waals surface area contributed by atoms with Crippen LogP contribution in [0.25, 0.3) is 0 Å². The summed E-state index contributed by atoms with van der Waals surface area (Å²) in [5.74, 6) is 0.0833. The molecule has 0 atom stereocenters. The second kappa shape index (κ2) is 3.54. The molecule has 0 bridgehead atoms. The van der Waals surface area contributed by atoms with Gasteiger partial charge in [0.1, 0.15) is 0 Å². The zero-order chi connectivity index (χ0) is 9.14. The lowest BCUT2D eigenvalue weighted by Gasteiger charge is -2.05. The molecular weight excluding hydrogens is 152 g/mol. The molecule has 0 aromatic carbocycles. The first-order valence-corrected chi connectivity index (χ1v) is 3.92. The van der Waals surface area contributed by atoms with Gasteiger partial charge in [0.25, 0.3) is 0 Å². The molecule has 1 heterocycles. The van der Waals surface area contributed by atoms with Gasteiger partial charge in [-0.25, -0.2) is 0 Å². The Hall–Kier alpha value is -1.09. The Morgan fingerprint density at radius 1 is 1.58 bits per heavy atom. The highest BCUT2D eigenvalue weighted by molar-refractivity contribution is 5.92. The fraction of sp³-hybridized carbons (Fsp3) is 0.444. The van der Waals surface area contributed by atoms with E-state index in [0.717, 1.165) is 12.1 Å². The van der Waals surface area contributed by atoms with Crippen LogP contribution >= 0.6 is 0 Å². The summed E-state index contributed by atoms with van der Waals surface area (Å²) in [6.07, 6.45) is 1.87. The largest absolute Gasteiger partial charge is 0.358 e. The molecule has 0 spiro atoms. The van der Waals surface area contributed by atoms with Gasteiger partial charge in [-0.05, 0) is 25.7 Å². The van der Waals surface area contributed by atoms with E-state index in [-0.39, 0.29) is 5.78 Å². The summed E-state index contributed by atoms with van der Waals surface area (Å²) in [7, 11) is 4.00. The topological polar surface area (TPSA) is 36.1 Å². The number of nitrogens with zero attached hydrogens (tertiary/aromatic N) is 1. The molecule has 0 aliphatic rings. The molecule has 0 aliphatic carbocycles. The molecule has 3 nitrogen and oxygen atoms in total. The summed E-state index contributed by atoms with van der Waals surface area (Å²) >= 11 is 0. The molecule has 1 aromatic rings. The summed E-state index contributed by atoms with van der Waals surface area (Å²) < 4.78 is 0. The van der Waals surface area contributed by atoms with E-state index in [0.29, 0.717) is 5.69 Å². The molecule has 1 N–H and O–H groups in total. The van der Waals surface area contributed by atoms with Crippen molar-refractivity contribution in [3.63, 3.8) is 0 Å². The Balaban J connectivity index is 2.71. The van der Waals surface area contributed by atoms with E-state index >= 15 is 0 Å². The second-order valence-corrected chi connectivity index (χ2v) is 3.22. The number of hydrogen-bond acceptors (Lipinski definition) is 2. The predicted molar refractivity (Wildman–Crippen MR) is 48.2 cm³/mol. The molecule has 0 fully saturated rings. The maximum absolute atomic E-state index is 10.9. The Morgan fingerprint density at radius 2 is 2.25 bits per heavy atom. The summed E-state index contributed by atoms with van der Waals surface area (Å²) in [4.78, 5) is 15.9. The average Bonchev–Trinajstić information content (AvgIpc) is 2.34. The molecule has 66 valence electrons. The lowest BCUT2D eigenvalue weighted by atomic mass is 10.2. The van der Waals surface area contributed by atoms with Crippen molar-refractivity contribution in [3.8, 4) is 0 Å². The quantitative estimate of drug-likeness (QED) is 0.686. The van der Waals surface area contributed by atoms with Crippen molar-refractivity contribution >= 4 is 5.78 Å². The number of carbonyl (C=O) groups is 1. The fourth-order valence-electron chi connectivity index (χ4n) is 1.10. The van der Waals surface area contributed by atoms with Gasteiger partial charge >= 0.3 is 0 Å². The number of Topliss-reactive ketones (excluding diaryl/α,β-unsaturated/α-hetero) is 1. The van der Waals surface area contributed by atoms with Crippen LogP contribution in [0.2, 0.25) is 0 Å². The first kappa shape index (κ1) is 9.00. The van der Waals surface area contributed by atoms with E-state index in [1.54, 1.807) is 6.92 Å². The lowest BCUT2D eigenvalue weighted by molar-refractivity contribution is 0.101. The van der Waals surface area contributed by atoms with Crippen molar-refractivity contribution in [1.82, 2.24) is 9.88 Å². The molecule has 0 saturated heterocycles. The van der Waals surface area contributed by atoms with Crippen molar-refractivity contribution in [2.24, 2.45) is 0 Å². The number of aromatic amines is 1. The summed E-state index contributed by atoms with van der Waals surface area (Å²) in [5.41, 5.74) is 1.83. The Kier molecular flexibility index (Phi) is 2.65. The molecule has 0 unspecified atom stereocenters. The number of H-pyrrole nitrogens is 1. The molecule has 3 heteroatoms. The van der Waals surface area contributed by atoms with Gasteiger partial charge in [-0.1, -0.05) is 0 Å². The van der Waals surface area contributed by atoms with Crippen molar-refractivity contribution in [2.75, 3.05) is 14.1 Å². The SMILES string of the molecule is CC(=O)c1cc(CN(C)C)c[nH]1. The minimum absolute atomic E-state index is 0.0833. The van der Waals surface area contributed by atoms with E-state index in [1.165, 1.54) is 0 Å². The van der Waals surface area contributed by atoms with Gasteiger partial charge in [-0.15, -0.1) is 0 Å². The minimum Gasteiger partial charge on any atom is -0.358 e. The zero-order valence-electron chi connectivity index (χ0n) is 7.72. The minimum atomic E-state index is 0.0833. The van der Waals surface area contributed by atoms with Crippen LogP contribution < -0.4 is 0 Å². The molecule has 1 rings (SSSR count). The van der Waals surface area contributed by atoms with Gasteiger partial charge in [0.15, 0.2) is 5.78 Å². The third kappa shape index (κ3) is 2.20. The van der Waals surface area contributed by atoms with Gasteiger partial charge in [0.2, 0.25) is 0 Å². The van der Waals surface area contributed by atoms with E-state index < -0.39 is 0 Å². The predicted octanol–water partition coefficient (Wildman–Crippen LogP) is 1.28. The Labute approximate surface area is 72.4 Å². The number of carbonyl (C=O) groups excluding carboxylic acids is 1. The first-order valence-electron chi connectivity index (χ1n) is 3.92. The van der Waals surface area contributed by atoms with Gasteiger partial charge in [0.05, 0.1) is 5.69 Å². The summed E-state index contributed by atoms with van der Waals surface area (Å²) in [6, 6.07) is 1.89. The second-order valence-electron chi connectivity index (χ2n) is 3.22. The highest BCUT2D eigenvalue weighted by Crippen LogP contribution is 2.05. The van der Waals surface area contributed by atoms with Gasteiger partial charge in [-0.3, -0.25) is 4.79 Å². The van der Waals surface area contributed by atoms with Crippen LogP contribution in [0.5, 0.6) is 0 Å². The lowest BCUT2D eigenvalue weighted by Crippen LogP contribution is -2.09. The first-order chi connectivity index (χ1) is 5.59. The summed E-state index contributed by atoms with van der Waals surface area (Å²) in [5, 5.41) is 0. The molecule has 0 aliphatic heterocycles. The van der Waals surface area contributed by atoms with Crippen molar-refractivity contribution in [2.45, 2.75) is 13.5 Å². The maximum Gasteiger partial charge on any atom is 0.175 e. The van der Waals surface area contributed by atoms with Crippen LogP contribution in [0.15, 0.2) is 12.3 Å². The maximum atomic E-state index is 10.9. The van der Waals surface area contributed by atoms with Crippen LogP contribution in [0.4, 0.5) is 0 Å². The van der Waals surface area contributed by atoms with E-state index in [1.807, 2.05) is 26.4 Å². The molecule has 0 saturated carbocycles. The van der Waals surface area contributed by atoms with E-state index in [9.17, 15) is 4.79 Å². The Morgan fingerprint density at radius 3 is 2.67 bits per heavy atom. The highest BCUT2D eigenvalue weighted by Gasteiger charge is 2.03. The van der Waals surface area contributed by atoms with Crippen molar-refractivity contribution < 1.29 is 4.79 Å². The number of nitrogens with one attached hydrogen (secondary N) is 1. The molecule has 0 amide bonds. The number of rotatable bonds is 3. The highest BCUT2D eigenvalue weighted by atomic mass is 16.1. The molecular formula is C9H14N2O. The van der Waals surface area contributed by atoms with Gasteiger partial charge in [0, 0.05) is 19.7 Å². The molecule has 1 aromatic heterocycles. The van der Waals surface area contributed by atoms with Crippen LogP contribution in [0.1, 0.15) is 23.0 Å². The number of hydrogen-bond donors (Lipinski definition) is 1. The van der Waals surface area contributed by atoms with Crippen LogP contribution in [-0.2, 0) is 6.54 Å². The smallest absolute Gasteiger partial charge is 0.175 e. The monoisotopic (exact) mass is 166 g/mol. The molecule has 12 heavy (non-hydrogen) atoms. The van der Waals surface area contributed by atoms with E-state index in [2.05, 4.69) is 9.88 Å². The molecule has 0 radical (unpaired) electrons. The van der Waals surface area contributed by atoms with Crippen molar-refractivity contribution in [1.29, 1.82) is 0 Å². The third-order valence-electron chi connectivity index (χ3n) is 1.62. The van der Waals surface area contributed by atoms with Crippen molar-refractivity contribution in [3.05, 3.63) is 23.5 Å². The Bertz CT molecular complexity index is 276. The average molecular weight is 166 g/mol. The van der Waals surface area contributed by atoms with E-state index in [4.69, 9.17) is 0 Å². The number of aromatic nitrogens is 1. The van der Waals surface area contributed by atoms with Crippen LogP contribution in [0.3, 0.4) is 0 Å². The van der Waals surface area contributed by atoms with Crippen LogP contribution in [-0.4, -0.2) is 29.8 Å². The standard InChI is InChI=1S/C9H14N2O/c1-7(12)9-4-8(5-10-9)6-11(2)3/h4-5,10H,6H2,1-3H3. The normalized spacial score (nSPS) is 10.7. The summed E-state index contributed by atoms with van der Waals surface area (Å²) in [6.45, 7) is 2.43. The zero-order valence-corrected chi connectivity index (χ0v) is 7.72.